The number of benzene rings is 2. The molecule has 2 N–H and O–H groups in total. The number of ether oxygens (including phenoxy) is 1. The second kappa shape index (κ2) is 9.71. The van der Waals surface area contributed by atoms with Crippen LogP contribution < -0.4 is 10.1 Å². The van der Waals surface area contributed by atoms with Gasteiger partial charge < -0.3 is 10.1 Å². The summed E-state index contributed by atoms with van der Waals surface area (Å²) in [4.78, 5) is 12.2. The van der Waals surface area contributed by atoms with E-state index in [0.29, 0.717) is 21.4 Å². The fourth-order valence-corrected chi connectivity index (χ4v) is 3.46. The van der Waals surface area contributed by atoms with Gasteiger partial charge in [-0.25, -0.2) is 0 Å². The van der Waals surface area contributed by atoms with Crippen LogP contribution in [0.5, 0.6) is 5.75 Å². The first-order valence-corrected chi connectivity index (χ1v) is 10.2. The lowest BCUT2D eigenvalue weighted by molar-refractivity contribution is -0.123. The summed E-state index contributed by atoms with van der Waals surface area (Å²) in [5.41, 5.74) is 3.40. The number of para-hydroxylation sites is 1. The van der Waals surface area contributed by atoms with Crippen LogP contribution in [0.15, 0.2) is 42.5 Å². The van der Waals surface area contributed by atoms with Gasteiger partial charge in [-0.2, -0.15) is 5.10 Å². The molecule has 0 atom stereocenters. The molecule has 3 rings (SSSR count). The highest BCUT2D eigenvalue weighted by Gasteiger charge is 2.15. The van der Waals surface area contributed by atoms with Crippen LogP contribution in [0.4, 0.5) is 0 Å². The molecule has 6 nitrogen and oxygen atoms in total. The maximum Gasteiger partial charge on any atom is 0.258 e. The zero-order valence-electron chi connectivity index (χ0n) is 16.4. The summed E-state index contributed by atoms with van der Waals surface area (Å²) in [6.07, 6.45) is 1.74. The number of hydrogen-bond donors (Lipinski definition) is 2. The van der Waals surface area contributed by atoms with Crippen LogP contribution in [0.1, 0.15) is 30.8 Å². The fraction of sp³-hybridized carbons (Fsp3) is 0.286. The first-order chi connectivity index (χ1) is 14.0. The Kier molecular flexibility index (Phi) is 7.06. The van der Waals surface area contributed by atoms with E-state index in [4.69, 9.17) is 28.6 Å². The van der Waals surface area contributed by atoms with E-state index in [0.717, 1.165) is 18.5 Å². The highest BCUT2D eigenvalue weighted by molar-refractivity contribution is 7.71. The Bertz CT molecular complexity index is 1020. The van der Waals surface area contributed by atoms with Gasteiger partial charge in [-0.3, -0.25) is 14.5 Å². The molecule has 1 amide bonds. The SMILES string of the molecule is CCc1cccc(CC)c1-n1c(CNC(=O)COc2ccc(Cl)cc2)n[nH]c1=S. The number of hydrogen-bond acceptors (Lipinski definition) is 4. The molecule has 0 saturated carbocycles. The fourth-order valence-electron chi connectivity index (χ4n) is 3.09. The van der Waals surface area contributed by atoms with Gasteiger partial charge in [-0.05, 0) is 60.5 Å². The second-order valence-corrected chi connectivity index (χ2v) is 7.25. The third-order valence-corrected chi connectivity index (χ3v) is 5.08. The normalized spacial score (nSPS) is 10.7. The van der Waals surface area contributed by atoms with Gasteiger partial charge in [-0.1, -0.05) is 43.6 Å². The number of H-pyrrole nitrogens is 1. The van der Waals surface area contributed by atoms with Crippen LogP contribution in [-0.4, -0.2) is 27.3 Å². The Hall–Kier alpha value is -2.64. The third kappa shape index (κ3) is 5.05. The number of carbonyl (C=O) groups is 1. The van der Waals surface area contributed by atoms with Gasteiger partial charge in [0.1, 0.15) is 5.75 Å². The van der Waals surface area contributed by atoms with E-state index in [1.807, 2.05) is 4.57 Å². The highest BCUT2D eigenvalue weighted by atomic mass is 35.5. The minimum Gasteiger partial charge on any atom is -0.484 e. The molecule has 0 unspecified atom stereocenters. The summed E-state index contributed by atoms with van der Waals surface area (Å²) in [6, 6.07) is 13.1. The van der Waals surface area contributed by atoms with Crippen LogP contribution in [0, 0.1) is 4.77 Å². The Morgan fingerprint density at radius 1 is 1.17 bits per heavy atom. The molecule has 0 radical (unpaired) electrons. The third-order valence-electron chi connectivity index (χ3n) is 4.56. The van der Waals surface area contributed by atoms with Gasteiger partial charge >= 0.3 is 0 Å². The Balaban J connectivity index is 1.73. The van der Waals surface area contributed by atoms with Crippen molar-refractivity contribution >= 4 is 29.7 Å². The molecule has 152 valence electrons. The van der Waals surface area contributed by atoms with Gasteiger partial charge in [0, 0.05) is 5.02 Å². The van der Waals surface area contributed by atoms with Crippen LogP contribution in [0.2, 0.25) is 5.02 Å². The number of aromatic amines is 1. The largest absolute Gasteiger partial charge is 0.484 e. The summed E-state index contributed by atoms with van der Waals surface area (Å²) >= 11 is 11.3. The van der Waals surface area contributed by atoms with Crippen molar-refractivity contribution in [1.29, 1.82) is 0 Å². The number of amides is 1. The topological polar surface area (TPSA) is 71.9 Å². The number of rotatable bonds is 8. The Labute approximate surface area is 179 Å². The van der Waals surface area contributed by atoms with Crippen LogP contribution in [-0.2, 0) is 24.2 Å². The Morgan fingerprint density at radius 2 is 1.83 bits per heavy atom. The van der Waals surface area contributed by atoms with Gasteiger partial charge in [0.15, 0.2) is 17.2 Å². The first kappa shape index (κ1) is 21.1. The minimum atomic E-state index is -0.250. The molecule has 0 bridgehead atoms. The van der Waals surface area contributed by atoms with Crippen molar-refractivity contribution in [2.45, 2.75) is 33.2 Å². The van der Waals surface area contributed by atoms with Crippen molar-refractivity contribution in [3.8, 4) is 11.4 Å². The number of carbonyl (C=O) groups excluding carboxylic acids is 1. The number of nitrogens with one attached hydrogen (secondary N) is 2. The van der Waals surface area contributed by atoms with E-state index in [2.05, 4.69) is 47.6 Å². The molecule has 0 aliphatic rings. The molecule has 8 heteroatoms. The molecular weight excluding hydrogens is 408 g/mol. The summed E-state index contributed by atoms with van der Waals surface area (Å²) in [5, 5.41) is 10.6. The van der Waals surface area contributed by atoms with Gasteiger partial charge in [0.25, 0.3) is 5.91 Å². The molecule has 2 aromatic carbocycles. The van der Waals surface area contributed by atoms with Crippen LogP contribution in [0.25, 0.3) is 5.69 Å². The van der Waals surface area contributed by atoms with Crippen molar-refractivity contribution in [2.24, 2.45) is 0 Å². The Morgan fingerprint density at radius 3 is 2.45 bits per heavy atom. The van der Waals surface area contributed by atoms with Gasteiger partial charge in [-0.15, -0.1) is 0 Å². The van der Waals surface area contributed by atoms with Crippen molar-refractivity contribution in [3.63, 3.8) is 0 Å². The molecular formula is C21H23ClN4O2S. The molecule has 0 aliphatic carbocycles. The van der Waals surface area contributed by atoms with Crippen LogP contribution in [0.3, 0.4) is 0 Å². The minimum absolute atomic E-state index is 0.0987. The van der Waals surface area contributed by atoms with Gasteiger partial charge in [0.05, 0.1) is 12.2 Å². The monoisotopic (exact) mass is 430 g/mol. The second-order valence-electron chi connectivity index (χ2n) is 6.43. The number of halogens is 1. The van der Waals surface area contributed by atoms with E-state index in [9.17, 15) is 4.79 Å². The average Bonchev–Trinajstić information content (AvgIpc) is 3.11. The number of nitrogens with zero attached hydrogens (tertiary/aromatic N) is 2. The van der Waals surface area contributed by atoms with E-state index in [1.165, 1.54) is 11.1 Å². The highest BCUT2D eigenvalue weighted by Crippen LogP contribution is 2.23. The quantitative estimate of drug-likeness (QED) is 0.519. The van der Waals surface area contributed by atoms with Gasteiger partial charge in [0.2, 0.25) is 0 Å². The maximum absolute atomic E-state index is 12.2. The van der Waals surface area contributed by atoms with Crippen molar-refractivity contribution in [1.82, 2.24) is 20.1 Å². The zero-order valence-corrected chi connectivity index (χ0v) is 17.9. The summed E-state index contributed by atoms with van der Waals surface area (Å²) in [7, 11) is 0. The molecule has 0 saturated heterocycles. The van der Waals surface area contributed by atoms with E-state index in [-0.39, 0.29) is 19.1 Å². The molecule has 0 fully saturated rings. The standard InChI is InChI=1S/C21H23ClN4O2S/c1-3-14-6-5-7-15(4-2)20(14)26-18(24-25-21(26)29)12-23-19(27)13-28-17-10-8-16(22)9-11-17/h5-11H,3-4,12-13H2,1-2H3,(H,23,27)(H,25,29). The summed E-state index contributed by atoms with van der Waals surface area (Å²) in [5.74, 6) is 0.974. The van der Waals surface area contributed by atoms with E-state index < -0.39 is 0 Å². The summed E-state index contributed by atoms with van der Waals surface area (Å²) < 4.78 is 7.89. The lowest BCUT2D eigenvalue weighted by Gasteiger charge is -2.16. The zero-order chi connectivity index (χ0) is 20.8. The van der Waals surface area contributed by atoms with Crippen molar-refractivity contribution < 1.29 is 9.53 Å². The van der Waals surface area contributed by atoms with Crippen molar-refractivity contribution in [3.05, 3.63) is 69.2 Å². The van der Waals surface area contributed by atoms with Crippen molar-refractivity contribution in [2.75, 3.05) is 6.61 Å². The molecule has 1 heterocycles. The lowest BCUT2D eigenvalue weighted by atomic mass is 10.0. The number of aromatic nitrogens is 3. The summed E-state index contributed by atoms with van der Waals surface area (Å²) in [6.45, 7) is 4.35. The predicted molar refractivity (Wildman–Crippen MR) is 116 cm³/mol. The maximum atomic E-state index is 12.2. The first-order valence-electron chi connectivity index (χ1n) is 9.46. The molecule has 3 aromatic rings. The van der Waals surface area contributed by atoms with E-state index in [1.54, 1.807) is 24.3 Å². The predicted octanol–water partition coefficient (Wildman–Crippen LogP) is 4.40. The smallest absolute Gasteiger partial charge is 0.258 e. The molecule has 0 aliphatic heterocycles. The lowest BCUT2D eigenvalue weighted by Crippen LogP contribution is -2.29. The molecule has 29 heavy (non-hydrogen) atoms. The van der Waals surface area contributed by atoms with Crippen LogP contribution >= 0.6 is 23.8 Å². The molecule has 0 spiro atoms. The van der Waals surface area contributed by atoms with E-state index >= 15 is 0 Å². The average molecular weight is 431 g/mol. The molecule has 1 aromatic heterocycles. The number of aryl methyl sites for hydroxylation is 2.